The number of aromatic nitrogens is 1. The summed E-state index contributed by atoms with van der Waals surface area (Å²) in [7, 11) is 0. The highest BCUT2D eigenvalue weighted by Gasteiger charge is 2.27. The Bertz CT molecular complexity index is 529. The van der Waals surface area contributed by atoms with Crippen LogP contribution in [-0.2, 0) is 4.79 Å². The molecule has 1 fully saturated rings. The monoisotopic (exact) mass is 343 g/mol. The van der Waals surface area contributed by atoms with Gasteiger partial charge in [-0.3, -0.25) is 14.9 Å². The van der Waals surface area contributed by atoms with Crippen LogP contribution in [0.1, 0.15) is 19.3 Å². The highest BCUT2D eigenvalue weighted by molar-refractivity contribution is 9.10. The van der Waals surface area contributed by atoms with E-state index in [1.807, 2.05) is 4.90 Å². The summed E-state index contributed by atoms with van der Waals surface area (Å²) in [6, 6.07) is 1.44. The Balaban J connectivity index is 2.11. The van der Waals surface area contributed by atoms with Crippen LogP contribution in [-0.4, -0.2) is 34.1 Å². The first-order chi connectivity index (χ1) is 9.47. The molecule has 0 radical (unpaired) electrons. The third-order valence-corrected chi connectivity index (χ3v) is 3.82. The van der Waals surface area contributed by atoms with Gasteiger partial charge in [0, 0.05) is 36.2 Å². The predicted molar refractivity (Wildman–Crippen MR) is 75.8 cm³/mol. The van der Waals surface area contributed by atoms with E-state index in [0.29, 0.717) is 36.2 Å². The van der Waals surface area contributed by atoms with Crippen LogP contribution < -0.4 is 4.90 Å². The standard InChI is InChI=1S/C12H14BrN3O4/c13-9-6-10(16(19)20)12(14-7-9)15-3-1-8(2-4-15)5-11(17)18/h6-8H,1-5H2,(H,17,18). The zero-order valence-electron chi connectivity index (χ0n) is 10.7. The number of anilines is 1. The van der Waals surface area contributed by atoms with Gasteiger partial charge in [0.1, 0.15) is 0 Å². The lowest BCUT2D eigenvalue weighted by atomic mass is 9.93. The number of halogens is 1. The van der Waals surface area contributed by atoms with E-state index in [1.54, 1.807) is 0 Å². The van der Waals surface area contributed by atoms with E-state index in [9.17, 15) is 14.9 Å². The van der Waals surface area contributed by atoms with E-state index in [1.165, 1.54) is 12.3 Å². The van der Waals surface area contributed by atoms with Crippen LogP contribution >= 0.6 is 15.9 Å². The fourth-order valence-corrected chi connectivity index (χ4v) is 2.71. The lowest BCUT2D eigenvalue weighted by Crippen LogP contribution is -2.35. The second-order valence-corrected chi connectivity index (χ2v) is 5.70. The Morgan fingerprint density at radius 3 is 2.75 bits per heavy atom. The Labute approximate surface area is 123 Å². The lowest BCUT2D eigenvalue weighted by Gasteiger charge is -2.31. The van der Waals surface area contributed by atoms with Gasteiger partial charge in [0.15, 0.2) is 0 Å². The van der Waals surface area contributed by atoms with E-state index in [4.69, 9.17) is 5.11 Å². The van der Waals surface area contributed by atoms with Crippen molar-refractivity contribution >= 4 is 33.4 Å². The number of hydrogen-bond acceptors (Lipinski definition) is 5. The van der Waals surface area contributed by atoms with Gasteiger partial charge in [-0.25, -0.2) is 4.98 Å². The molecule has 0 saturated carbocycles. The number of pyridine rings is 1. The average molecular weight is 344 g/mol. The van der Waals surface area contributed by atoms with E-state index < -0.39 is 10.9 Å². The topological polar surface area (TPSA) is 96.6 Å². The highest BCUT2D eigenvalue weighted by atomic mass is 79.9. The zero-order valence-corrected chi connectivity index (χ0v) is 12.2. The van der Waals surface area contributed by atoms with Crippen molar-refractivity contribution < 1.29 is 14.8 Å². The van der Waals surface area contributed by atoms with Gasteiger partial charge in [0.05, 0.1) is 4.92 Å². The van der Waals surface area contributed by atoms with Crippen molar-refractivity contribution in [1.82, 2.24) is 4.98 Å². The SMILES string of the molecule is O=C(O)CC1CCN(c2ncc(Br)cc2[N+](=O)[O-])CC1. The minimum Gasteiger partial charge on any atom is -0.481 e. The number of hydrogen-bond donors (Lipinski definition) is 1. The van der Waals surface area contributed by atoms with E-state index in [2.05, 4.69) is 20.9 Å². The molecule has 0 atom stereocenters. The van der Waals surface area contributed by atoms with Gasteiger partial charge < -0.3 is 10.0 Å². The molecule has 0 unspecified atom stereocenters. The normalized spacial score (nSPS) is 16.1. The van der Waals surface area contributed by atoms with Crippen LogP contribution in [0.15, 0.2) is 16.7 Å². The first-order valence-electron chi connectivity index (χ1n) is 6.24. The van der Waals surface area contributed by atoms with Crippen molar-refractivity contribution in [2.24, 2.45) is 5.92 Å². The smallest absolute Gasteiger partial charge is 0.312 e. The summed E-state index contributed by atoms with van der Waals surface area (Å²) in [6.45, 7) is 1.18. The highest BCUT2D eigenvalue weighted by Crippen LogP contribution is 2.32. The summed E-state index contributed by atoms with van der Waals surface area (Å²) >= 11 is 3.17. The number of nitro groups is 1. The molecule has 1 N–H and O–H groups in total. The molecule has 20 heavy (non-hydrogen) atoms. The minimum absolute atomic E-state index is 0.0314. The molecule has 0 aliphatic carbocycles. The maximum Gasteiger partial charge on any atom is 0.312 e. The summed E-state index contributed by atoms with van der Waals surface area (Å²) < 4.78 is 0.564. The van der Waals surface area contributed by atoms with E-state index in [0.717, 1.165) is 0 Å². The summed E-state index contributed by atoms with van der Waals surface area (Å²) in [4.78, 5) is 27.3. The Morgan fingerprint density at radius 2 is 2.20 bits per heavy atom. The summed E-state index contributed by atoms with van der Waals surface area (Å²) in [5.74, 6) is -0.304. The second kappa shape index (κ2) is 6.17. The third kappa shape index (κ3) is 3.44. The predicted octanol–water partition coefficient (Wildman–Crippen LogP) is 2.44. The van der Waals surface area contributed by atoms with Gasteiger partial charge in [-0.15, -0.1) is 0 Å². The average Bonchev–Trinajstić information content (AvgIpc) is 2.39. The number of nitrogens with zero attached hydrogens (tertiary/aromatic N) is 3. The van der Waals surface area contributed by atoms with Crippen molar-refractivity contribution in [1.29, 1.82) is 0 Å². The molecule has 0 bridgehead atoms. The second-order valence-electron chi connectivity index (χ2n) is 4.78. The molecule has 1 aromatic rings. The Hall–Kier alpha value is -1.70. The first-order valence-corrected chi connectivity index (χ1v) is 7.03. The number of rotatable bonds is 4. The summed E-state index contributed by atoms with van der Waals surface area (Å²) in [6.07, 6.45) is 3.11. The lowest BCUT2D eigenvalue weighted by molar-refractivity contribution is -0.384. The third-order valence-electron chi connectivity index (χ3n) is 3.39. The Morgan fingerprint density at radius 1 is 1.55 bits per heavy atom. The molecule has 0 spiro atoms. The van der Waals surface area contributed by atoms with Crippen LogP contribution in [0, 0.1) is 16.0 Å². The molecule has 0 aromatic carbocycles. The number of piperidine rings is 1. The molecule has 1 saturated heterocycles. The fourth-order valence-electron chi connectivity index (χ4n) is 2.40. The number of aliphatic carboxylic acids is 1. The molecular weight excluding hydrogens is 330 g/mol. The van der Waals surface area contributed by atoms with Crippen molar-refractivity contribution in [3.8, 4) is 0 Å². The number of carbonyl (C=O) groups is 1. The molecule has 2 rings (SSSR count). The summed E-state index contributed by atoms with van der Waals surface area (Å²) in [5.41, 5.74) is -0.0314. The number of carboxylic acids is 1. The molecule has 8 heteroatoms. The van der Waals surface area contributed by atoms with Crippen molar-refractivity contribution in [3.63, 3.8) is 0 Å². The van der Waals surface area contributed by atoms with Crippen LogP contribution in [0.2, 0.25) is 0 Å². The molecule has 1 aromatic heterocycles. The van der Waals surface area contributed by atoms with Crippen LogP contribution in [0.3, 0.4) is 0 Å². The van der Waals surface area contributed by atoms with Crippen LogP contribution in [0.25, 0.3) is 0 Å². The maximum atomic E-state index is 11.1. The van der Waals surface area contributed by atoms with Gasteiger partial charge in [0.25, 0.3) is 0 Å². The van der Waals surface area contributed by atoms with Gasteiger partial charge in [-0.2, -0.15) is 0 Å². The van der Waals surface area contributed by atoms with Crippen LogP contribution in [0.5, 0.6) is 0 Å². The van der Waals surface area contributed by atoms with E-state index >= 15 is 0 Å². The minimum atomic E-state index is -0.795. The zero-order chi connectivity index (χ0) is 14.7. The quantitative estimate of drug-likeness (QED) is 0.666. The van der Waals surface area contributed by atoms with Gasteiger partial charge in [-0.1, -0.05) is 0 Å². The first kappa shape index (κ1) is 14.7. The molecule has 1 aliphatic heterocycles. The van der Waals surface area contributed by atoms with Crippen molar-refractivity contribution in [3.05, 3.63) is 26.9 Å². The van der Waals surface area contributed by atoms with Crippen LogP contribution in [0.4, 0.5) is 11.5 Å². The molecule has 1 aliphatic rings. The number of carboxylic acid groups (broad SMARTS) is 1. The largest absolute Gasteiger partial charge is 0.481 e. The van der Waals surface area contributed by atoms with Gasteiger partial charge in [-0.05, 0) is 34.7 Å². The fraction of sp³-hybridized carbons (Fsp3) is 0.500. The van der Waals surface area contributed by atoms with Gasteiger partial charge >= 0.3 is 11.7 Å². The molecule has 108 valence electrons. The molecular formula is C12H14BrN3O4. The summed E-state index contributed by atoms with van der Waals surface area (Å²) in [5, 5.41) is 19.8. The Kier molecular flexibility index (Phi) is 4.53. The van der Waals surface area contributed by atoms with E-state index in [-0.39, 0.29) is 18.0 Å². The molecule has 7 nitrogen and oxygen atoms in total. The van der Waals surface area contributed by atoms with Gasteiger partial charge in [0.2, 0.25) is 5.82 Å². The van der Waals surface area contributed by atoms with Crippen molar-refractivity contribution in [2.75, 3.05) is 18.0 Å². The maximum absolute atomic E-state index is 11.1. The molecule has 0 amide bonds. The molecule has 2 heterocycles. The van der Waals surface area contributed by atoms with Crippen molar-refractivity contribution in [2.45, 2.75) is 19.3 Å².